The van der Waals surface area contributed by atoms with Gasteiger partial charge >= 0.3 is 11.9 Å². The van der Waals surface area contributed by atoms with E-state index in [9.17, 15) is 9.59 Å². The monoisotopic (exact) mass is 652 g/mol. The standard InChI is InChI=1S/C41H81NO4/c1-6-9-12-15-16-17-20-23-30-38(37-41(44)45-36-29-28-35-42(4)5)31-24-21-22-27-34-40(43)46-39(32-25-18-13-10-7-2)33-26-19-14-11-8-3/h38-39H,6-37H2,1-5H3. The van der Waals surface area contributed by atoms with Crippen LogP contribution in [0.25, 0.3) is 0 Å². The van der Waals surface area contributed by atoms with Crippen LogP contribution in [0.4, 0.5) is 0 Å². The molecule has 0 rings (SSSR count). The van der Waals surface area contributed by atoms with E-state index in [-0.39, 0.29) is 18.0 Å². The number of unbranched alkanes of at least 4 members (excludes halogenated alkanes) is 19. The largest absolute Gasteiger partial charge is 0.466 e. The molecule has 0 aliphatic carbocycles. The summed E-state index contributed by atoms with van der Waals surface area (Å²) in [6.45, 7) is 8.36. The van der Waals surface area contributed by atoms with Crippen LogP contribution in [0.2, 0.25) is 0 Å². The van der Waals surface area contributed by atoms with Crippen molar-refractivity contribution in [3.63, 3.8) is 0 Å². The average molecular weight is 652 g/mol. The summed E-state index contributed by atoms with van der Waals surface area (Å²) in [5.74, 6) is 0.421. The van der Waals surface area contributed by atoms with E-state index < -0.39 is 0 Å². The lowest BCUT2D eigenvalue weighted by Gasteiger charge is -2.18. The average Bonchev–Trinajstić information content (AvgIpc) is 3.03. The van der Waals surface area contributed by atoms with Crippen LogP contribution in [0.5, 0.6) is 0 Å². The Morgan fingerprint density at radius 3 is 1.41 bits per heavy atom. The van der Waals surface area contributed by atoms with Crippen LogP contribution < -0.4 is 0 Å². The topological polar surface area (TPSA) is 55.8 Å². The first kappa shape index (κ1) is 44.9. The molecule has 0 bridgehead atoms. The Morgan fingerprint density at radius 1 is 0.500 bits per heavy atom. The minimum absolute atomic E-state index is 0.00742. The molecular weight excluding hydrogens is 570 g/mol. The van der Waals surface area contributed by atoms with Gasteiger partial charge in [-0.15, -0.1) is 0 Å². The molecule has 0 radical (unpaired) electrons. The van der Waals surface area contributed by atoms with E-state index >= 15 is 0 Å². The third-order valence-corrected chi connectivity index (χ3v) is 9.48. The highest BCUT2D eigenvalue weighted by Crippen LogP contribution is 2.23. The van der Waals surface area contributed by atoms with Crippen molar-refractivity contribution in [2.24, 2.45) is 5.92 Å². The van der Waals surface area contributed by atoms with E-state index in [1.807, 2.05) is 0 Å². The number of carbonyl (C=O) groups excluding carboxylic acids is 2. The minimum atomic E-state index is -0.0116. The second kappa shape index (κ2) is 35.2. The number of esters is 2. The molecule has 5 nitrogen and oxygen atoms in total. The predicted octanol–water partition coefficient (Wildman–Crippen LogP) is 12.4. The number of rotatable bonds is 36. The third-order valence-electron chi connectivity index (χ3n) is 9.48. The van der Waals surface area contributed by atoms with Crippen LogP contribution >= 0.6 is 0 Å². The maximum atomic E-state index is 12.7. The molecule has 0 fully saturated rings. The first-order valence-corrected chi connectivity index (χ1v) is 20.4. The van der Waals surface area contributed by atoms with E-state index in [1.165, 1.54) is 116 Å². The zero-order valence-electron chi connectivity index (χ0n) is 31.9. The van der Waals surface area contributed by atoms with Gasteiger partial charge in [-0.25, -0.2) is 0 Å². The van der Waals surface area contributed by atoms with E-state index in [1.54, 1.807) is 0 Å². The van der Waals surface area contributed by atoms with Crippen molar-refractivity contribution in [3.05, 3.63) is 0 Å². The Bertz CT molecular complexity index is 638. The van der Waals surface area contributed by atoms with Gasteiger partial charge in [0.25, 0.3) is 0 Å². The summed E-state index contributed by atoms with van der Waals surface area (Å²) in [6.07, 6.45) is 34.9. The molecule has 0 saturated heterocycles. The zero-order valence-corrected chi connectivity index (χ0v) is 31.9. The molecule has 274 valence electrons. The van der Waals surface area contributed by atoms with E-state index in [2.05, 4.69) is 39.8 Å². The first-order valence-electron chi connectivity index (χ1n) is 20.4. The summed E-state index contributed by atoms with van der Waals surface area (Å²) in [5, 5.41) is 0. The van der Waals surface area contributed by atoms with Crippen LogP contribution in [-0.2, 0) is 19.1 Å². The van der Waals surface area contributed by atoms with Crippen molar-refractivity contribution in [2.45, 2.75) is 219 Å². The van der Waals surface area contributed by atoms with Gasteiger partial charge in [0.2, 0.25) is 0 Å². The fourth-order valence-corrected chi connectivity index (χ4v) is 6.44. The molecule has 0 N–H and O–H groups in total. The van der Waals surface area contributed by atoms with Crippen molar-refractivity contribution >= 4 is 11.9 Å². The van der Waals surface area contributed by atoms with Crippen LogP contribution in [0, 0.1) is 5.92 Å². The van der Waals surface area contributed by atoms with Gasteiger partial charge in [0.05, 0.1) is 6.61 Å². The maximum Gasteiger partial charge on any atom is 0.306 e. The van der Waals surface area contributed by atoms with Crippen molar-refractivity contribution in [3.8, 4) is 0 Å². The number of nitrogens with zero attached hydrogens (tertiary/aromatic N) is 1. The molecule has 0 spiro atoms. The Morgan fingerprint density at radius 2 is 0.935 bits per heavy atom. The predicted molar refractivity (Wildman–Crippen MR) is 198 cm³/mol. The van der Waals surface area contributed by atoms with Gasteiger partial charge in [0, 0.05) is 12.8 Å². The maximum absolute atomic E-state index is 12.7. The smallest absolute Gasteiger partial charge is 0.306 e. The van der Waals surface area contributed by atoms with Gasteiger partial charge in [0.15, 0.2) is 0 Å². The van der Waals surface area contributed by atoms with E-state index in [0.29, 0.717) is 25.4 Å². The summed E-state index contributed by atoms with van der Waals surface area (Å²) in [4.78, 5) is 27.5. The van der Waals surface area contributed by atoms with E-state index in [0.717, 1.165) is 70.8 Å². The first-order chi connectivity index (χ1) is 22.4. The second-order valence-corrected chi connectivity index (χ2v) is 14.5. The minimum Gasteiger partial charge on any atom is -0.466 e. The van der Waals surface area contributed by atoms with Crippen LogP contribution in [-0.4, -0.2) is 50.2 Å². The van der Waals surface area contributed by atoms with Gasteiger partial charge in [-0.1, -0.05) is 143 Å². The Hall–Kier alpha value is -1.10. The summed E-state index contributed by atoms with van der Waals surface area (Å²) >= 11 is 0. The summed E-state index contributed by atoms with van der Waals surface area (Å²) in [6, 6.07) is 0. The summed E-state index contributed by atoms with van der Waals surface area (Å²) < 4.78 is 11.6. The number of carbonyl (C=O) groups is 2. The van der Waals surface area contributed by atoms with Crippen LogP contribution in [0.1, 0.15) is 213 Å². The molecule has 0 aliphatic rings. The van der Waals surface area contributed by atoms with E-state index in [4.69, 9.17) is 9.47 Å². The highest BCUT2D eigenvalue weighted by atomic mass is 16.5. The lowest BCUT2D eigenvalue weighted by molar-refractivity contribution is -0.150. The normalized spacial score (nSPS) is 12.2. The molecule has 5 heteroatoms. The summed E-state index contributed by atoms with van der Waals surface area (Å²) in [5.41, 5.74) is 0. The molecule has 0 amide bonds. The van der Waals surface area contributed by atoms with Gasteiger partial charge in [-0.05, 0) is 84.3 Å². The Labute approximate surface area is 288 Å². The van der Waals surface area contributed by atoms with Crippen LogP contribution in [0.15, 0.2) is 0 Å². The molecule has 1 atom stereocenters. The highest BCUT2D eigenvalue weighted by molar-refractivity contribution is 5.69. The molecule has 0 aromatic carbocycles. The summed E-state index contributed by atoms with van der Waals surface area (Å²) in [7, 11) is 4.16. The van der Waals surface area contributed by atoms with Gasteiger partial charge in [-0.3, -0.25) is 9.59 Å². The van der Waals surface area contributed by atoms with Gasteiger partial charge in [0.1, 0.15) is 6.10 Å². The molecule has 0 heterocycles. The van der Waals surface area contributed by atoms with Crippen molar-refractivity contribution < 1.29 is 19.1 Å². The van der Waals surface area contributed by atoms with Crippen molar-refractivity contribution in [2.75, 3.05) is 27.2 Å². The molecular formula is C41H81NO4. The zero-order chi connectivity index (χ0) is 33.9. The lowest BCUT2D eigenvalue weighted by Crippen LogP contribution is -2.18. The number of hydrogen-bond donors (Lipinski definition) is 0. The fraction of sp³-hybridized carbons (Fsp3) is 0.951. The fourth-order valence-electron chi connectivity index (χ4n) is 6.44. The number of hydrogen-bond acceptors (Lipinski definition) is 5. The number of ether oxygens (including phenoxy) is 2. The second-order valence-electron chi connectivity index (χ2n) is 14.5. The SMILES string of the molecule is CCCCCCCCCCC(CCCCCCC(=O)OC(CCCCCCC)CCCCCCC)CC(=O)OCCCCN(C)C. The Kier molecular flexibility index (Phi) is 34.4. The Balaban J connectivity index is 4.44. The molecule has 1 unspecified atom stereocenters. The van der Waals surface area contributed by atoms with Crippen molar-refractivity contribution in [1.82, 2.24) is 4.90 Å². The van der Waals surface area contributed by atoms with Crippen molar-refractivity contribution in [1.29, 1.82) is 0 Å². The van der Waals surface area contributed by atoms with Gasteiger partial charge < -0.3 is 14.4 Å². The van der Waals surface area contributed by atoms with Gasteiger partial charge in [-0.2, -0.15) is 0 Å². The molecule has 0 aliphatic heterocycles. The molecule has 0 saturated carbocycles. The van der Waals surface area contributed by atoms with Crippen LogP contribution in [0.3, 0.4) is 0 Å². The third kappa shape index (κ3) is 32.8. The molecule has 0 aromatic heterocycles. The molecule has 46 heavy (non-hydrogen) atoms. The lowest BCUT2D eigenvalue weighted by atomic mass is 9.91. The molecule has 0 aromatic rings. The quantitative estimate of drug-likeness (QED) is 0.0498. The highest BCUT2D eigenvalue weighted by Gasteiger charge is 2.16.